The van der Waals surface area contributed by atoms with Crippen molar-refractivity contribution in [3.63, 3.8) is 0 Å². The fourth-order valence-corrected chi connectivity index (χ4v) is 3.96. The van der Waals surface area contributed by atoms with Crippen LogP contribution in [0.2, 0.25) is 0 Å². The lowest BCUT2D eigenvalue weighted by atomic mass is 10.0. The van der Waals surface area contributed by atoms with E-state index in [-0.39, 0.29) is 18.2 Å². The van der Waals surface area contributed by atoms with Crippen LogP contribution in [0.5, 0.6) is 11.5 Å². The first-order valence-electron chi connectivity index (χ1n) is 9.71. The zero-order valence-electron chi connectivity index (χ0n) is 15.9. The first-order chi connectivity index (χ1) is 12.5. The number of rotatable bonds is 4. The molecular formula is C20H29N3O3. The summed E-state index contributed by atoms with van der Waals surface area (Å²) in [5.74, 6) is 2.97. The number of guanidine groups is 1. The molecule has 0 amide bonds. The standard InChI is InChI=1S/C20H29N3O3/c1-4-24-19-8-14-7-12(2)26-18(14)10-16(19)15-9-17(15)22-20(21)23-5-6-25-13(3)11-23/h8,10,12-13,15,17H,4-7,9,11H2,1-3H3,(H2,21,22). The van der Waals surface area contributed by atoms with Gasteiger partial charge < -0.3 is 24.8 Å². The number of fused-ring (bicyclic) bond motifs is 1. The van der Waals surface area contributed by atoms with Crippen LogP contribution in [0.3, 0.4) is 0 Å². The van der Waals surface area contributed by atoms with Gasteiger partial charge in [0.25, 0.3) is 0 Å². The number of aliphatic imine (C=N–C) groups is 1. The van der Waals surface area contributed by atoms with Crippen molar-refractivity contribution in [3.05, 3.63) is 23.3 Å². The molecular weight excluding hydrogens is 330 g/mol. The Morgan fingerprint density at radius 2 is 2.19 bits per heavy atom. The number of ether oxygens (including phenoxy) is 3. The zero-order chi connectivity index (χ0) is 18.3. The minimum Gasteiger partial charge on any atom is -0.494 e. The van der Waals surface area contributed by atoms with E-state index in [0.717, 1.165) is 37.4 Å². The summed E-state index contributed by atoms with van der Waals surface area (Å²) in [5, 5.41) is 0. The number of hydrogen-bond donors (Lipinski definition) is 1. The third-order valence-corrected chi connectivity index (χ3v) is 5.35. The van der Waals surface area contributed by atoms with Crippen LogP contribution in [0.1, 0.15) is 44.2 Å². The predicted molar refractivity (Wildman–Crippen MR) is 101 cm³/mol. The predicted octanol–water partition coefficient (Wildman–Crippen LogP) is 2.30. The molecule has 1 saturated carbocycles. The van der Waals surface area contributed by atoms with E-state index in [2.05, 4.69) is 30.9 Å². The Labute approximate surface area is 155 Å². The highest BCUT2D eigenvalue weighted by molar-refractivity contribution is 5.78. The second kappa shape index (κ2) is 6.99. The monoisotopic (exact) mass is 359 g/mol. The first kappa shape index (κ1) is 17.5. The maximum absolute atomic E-state index is 6.26. The van der Waals surface area contributed by atoms with E-state index in [1.165, 1.54) is 11.1 Å². The molecule has 0 radical (unpaired) electrons. The third kappa shape index (κ3) is 3.47. The third-order valence-electron chi connectivity index (χ3n) is 5.35. The summed E-state index contributed by atoms with van der Waals surface area (Å²) in [6.07, 6.45) is 2.40. The van der Waals surface area contributed by atoms with Gasteiger partial charge in [-0.25, -0.2) is 4.99 Å². The number of morpholine rings is 1. The second-order valence-electron chi connectivity index (χ2n) is 7.59. The van der Waals surface area contributed by atoms with Crippen molar-refractivity contribution < 1.29 is 14.2 Å². The van der Waals surface area contributed by atoms with Gasteiger partial charge >= 0.3 is 0 Å². The molecule has 1 aromatic carbocycles. The largest absolute Gasteiger partial charge is 0.494 e. The van der Waals surface area contributed by atoms with E-state index >= 15 is 0 Å². The van der Waals surface area contributed by atoms with Crippen LogP contribution in [-0.2, 0) is 11.2 Å². The summed E-state index contributed by atoms with van der Waals surface area (Å²) in [7, 11) is 0. The Hall–Kier alpha value is -1.95. The molecule has 3 aliphatic rings. The van der Waals surface area contributed by atoms with Crippen molar-refractivity contribution in [2.24, 2.45) is 10.7 Å². The molecule has 2 N–H and O–H groups in total. The lowest BCUT2D eigenvalue weighted by molar-refractivity contribution is 0.00528. The number of benzene rings is 1. The Kier molecular flexibility index (Phi) is 4.69. The highest BCUT2D eigenvalue weighted by Gasteiger charge is 2.42. The van der Waals surface area contributed by atoms with E-state index in [0.29, 0.717) is 25.1 Å². The van der Waals surface area contributed by atoms with Crippen molar-refractivity contribution in [2.75, 3.05) is 26.3 Å². The topological polar surface area (TPSA) is 69.3 Å². The molecule has 4 rings (SSSR count). The Morgan fingerprint density at radius 1 is 1.35 bits per heavy atom. The first-order valence-corrected chi connectivity index (χ1v) is 9.71. The second-order valence-corrected chi connectivity index (χ2v) is 7.59. The van der Waals surface area contributed by atoms with Gasteiger partial charge in [0.15, 0.2) is 5.96 Å². The maximum atomic E-state index is 6.26. The van der Waals surface area contributed by atoms with E-state index in [9.17, 15) is 0 Å². The van der Waals surface area contributed by atoms with Crippen molar-refractivity contribution in [2.45, 2.75) is 57.8 Å². The van der Waals surface area contributed by atoms with E-state index in [1.54, 1.807) is 0 Å². The fourth-order valence-electron chi connectivity index (χ4n) is 3.96. The molecule has 4 atom stereocenters. The van der Waals surface area contributed by atoms with Gasteiger partial charge in [0, 0.05) is 36.6 Å². The van der Waals surface area contributed by atoms with Crippen LogP contribution in [0.15, 0.2) is 17.1 Å². The van der Waals surface area contributed by atoms with Crippen molar-refractivity contribution in [1.82, 2.24) is 4.90 Å². The zero-order valence-corrected chi connectivity index (χ0v) is 15.9. The Balaban J connectivity index is 1.50. The summed E-state index contributed by atoms with van der Waals surface area (Å²) < 4.78 is 17.4. The van der Waals surface area contributed by atoms with Crippen LogP contribution in [-0.4, -0.2) is 55.4 Å². The molecule has 0 bridgehead atoms. The molecule has 0 spiro atoms. The van der Waals surface area contributed by atoms with Crippen molar-refractivity contribution in [1.29, 1.82) is 0 Å². The average Bonchev–Trinajstić information content (AvgIpc) is 3.26. The number of nitrogens with zero attached hydrogens (tertiary/aromatic N) is 2. The van der Waals surface area contributed by atoms with Gasteiger partial charge in [0.1, 0.15) is 17.6 Å². The van der Waals surface area contributed by atoms with Crippen LogP contribution in [0.4, 0.5) is 0 Å². The molecule has 2 aliphatic heterocycles. The van der Waals surface area contributed by atoms with Gasteiger partial charge in [-0.3, -0.25) is 0 Å². The lowest BCUT2D eigenvalue weighted by Crippen LogP contribution is -2.48. The highest BCUT2D eigenvalue weighted by atomic mass is 16.5. The molecule has 1 saturated heterocycles. The summed E-state index contributed by atoms with van der Waals surface area (Å²) >= 11 is 0. The number of hydrogen-bond acceptors (Lipinski definition) is 4. The van der Waals surface area contributed by atoms with Gasteiger partial charge in [0.05, 0.1) is 25.4 Å². The SMILES string of the molecule is CCOc1cc2c(cc1C1CC1N=C(N)N1CCOC(C)C1)OC(C)C2. The molecule has 2 fully saturated rings. The van der Waals surface area contributed by atoms with Crippen molar-refractivity contribution in [3.8, 4) is 11.5 Å². The molecule has 4 unspecified atom stereocenters. The summed E-state index contributed by atoms with van der Waals surface area (Å²) in [4.78, 5) is 6.91. The molecule has 1 aliphatic carbocycles. The van der Waals surface area contributed by atoms with Crippen LogP contribution >= 0.6 is 0 Å². The summed E-state index contributed by atoms with van der Waals surface area (Å²) in [6, 6.07) is 4.55. The Bertz CT molecular complexity index is 706. The van der Waals surface area contributed by atoms with E-state index in [4.69, 9.17) is 24.9 Å². The minimum absolute atomic E-state index is 0.202. The van der Waals surface area contributed by atoms with Crippen LogP contribution in [0, 0.1) is 0 Å². The quantitative estimate of drug-likeness (QED) is 0.660. The Morgan fingerprint density at radius 3 is 2.96 bits per heavy atom. The van der Waals surface area contributed by atoms with E-state index < -0.39 is 0 Å². The van der Waals surface area contributed by atoms with Crippen LogP contribution < -0.4 is 15.2 Å². The van der Waals surface area contributed by atoms with E-state index in [1.807, 2.05) is 6.92 Å². The van der Waals surface area contributed by atoms with Gasteiger partial charge in [-0.2, -0.15) is 0 Å². The molecule has 1 aromatic rings. The molecule has 0 aromatic heterocycles. The van der Waals surface area contributed by atoms with Gasteiger partial charge in [-0.15, -0.1) is 0 Å². The normalized spacial score (nSPS) is 30.7. The number of nitrogens with two attached hydrogens (primary N) is 1. The highest BCUT2D eigenvalue weighted by Crippen LogP contribution is 2.49. The lowest BCUT2D eigenvalue weighted by Gasteiger charge is -2.31. The maximum Gasteiger partial charge on any atom is 0.191 e. The molecule has 142 valence electrons. The van der Waals surface area contributed by atoms with Crippen molar-refractivity contribution >= 4 is 5.96 Å². The molecule has 2 heterocycles. The summed E-state index contributed by atoms with van der Waals surface area (Å²) in [6.45, 7) is 9.19. The van der Waals surface area contributed by atoms with Gasteiger partial charge in [0.2, 0.25) is 0 Å². The van der Waals surface area contributed by atoms with Gasteiger partial charge in [-0.1, -0.05) is 0 Å². The molecule has 6 nitrogen and oxygen atoms in total. The average molecular weight is 359 g/mol. The summed E-state index contributed by atoms with van der Waals surface area (Å²) in [5.41, 5.74) is 8.71. The minimum atomic E-state index is 0.202. The fraction of sp³-hybridized carbons (Fsp3) is 0.650. The van der Waals surface area contributed by atoms with Gasteiger partial charge in [-0.05, 0) is 39.3 Å². The molecule has 6 heteroatoms. The smallest absolute Gasteiger partial charge is 0.191 e. The van der Waals surface area contributed by atoms with Crippen LogP contribution in [0.25, 0.3) is 0 Å². The molecule has 26 heavy (non-hydrogen) atoms.